The summed E-state index contributed by atoms with van der Waals surface area (Å²) in [5.74, 6) is -14.5. The van der Waals surface area contributed by atoms with Gasteiger partial charge in [-0.15, -0.1) is 0 Å². The molecule has 41 heteroatoms. The van der Waals surface area contributed by atoms with Crippen molar-refractivity contribution in [3.63, 3.8) is 0 Å². The van der Waals surface area contributed by atoms with Crippen LogP contribution in [-0.2, 0) is 87.9 Å². The summed E-state index contributed by atoms with van der Waals surface area (Å²) < 4.78 is 0. The number of nitrogens with one attached hydrogen (secondary N) is 16. The third-order valence-electron chi connectivity index (χ3n) is 21.6. The molecule has 0 heterocycles. The van der Waals surface area contributed by atoms with E-state index in [1.165, 1.54) is 34.6 Å². The Kier molecular flexibility index (Phi) is 59.5. The summed E-state index contributed by atoms with van der Waals surface area (Å²) in [4.78, 5) is 238. The van der Waals surface area contributed by atoms with Crippen LogP contribution in [0.3, 0.4) is 0 Å². The SMILES string of the molecule is CC(C)C[C@H](NC(=O)[C@H](C)NC(=O)[C@H](CC(C)C)NC(=O)[C@H](CCCCN)NC(=O)[C@H](C)NC(=O)[C@H](CC(C)C)NC(=O)[C@H](CCCCN)NC(=O)[C@H](CCCCN)NC(=O)[C@H](C)NC(=O)[C@H](CC(C)C)NC(=O)[C@H](CCCCN)NC(=O)[C@H](C)NC(=O)[C@H](CC(C)C)NC(=O)[C@H](CCCCN)NC(=O)[C@H](CCCCN)NC(=O)[C@H](C)NC(=O)[C@@H](N)Cc1ccccc1)C(=O)O. The lowest BCUT2D eigenvalue weighted by atomic mass is 10.0. The van der Waals surface area contributed by atoms with Crippen molar-refractivity contribution in [2.45, 2.75) is 361 Å². The summed E-state index contributed by atoms with van der Waals surface area (Å²) in [5, 5.41) is 52.5. The lowest BCUT2D eigenvalue weighted by molar-refractivity contribution is -0.142. The minimum absolute atomic E-state index is 0.00340. The second kappa shape index (κ2) is 65.5. The van der Waals surface area contributed by atoms with Crippen LogP contribution in [0.25, 0.3) is 0 Å². The number of carbonyl (C=O) groups is 17. The van der Waals surface area contributed by atoms with Gasteiger partial charge in [-0.1, -0.05) is 99.6 Å². The first-order valence-electron chi connectivity index (χ1n) is 46.9. The third-order valence-corrected chi connectivity index (χ3v) is 21.6. The molecule has 0 aliphatic heterocycles. The number of aliphatic carboxylic acids is 1. The highest BCUT2D eigenvalue weighted by molar-refractivity contribution is 6.01. The number of nitrogens with two attached hydrogens (primary N) is 7. The monoisotopic (exact) mass is 1850 g/mol. The van der Waals surface area contributed by atoms with Crippen LogP contribution in [0.1, 0.15) is 257 Å². The molecule has 131 heavy (non-hydrogen) atoms. The summed E-state index contributed by atoms with van der Waals surface area (Å²) in [6.45, 7) is 26.3. The van der Waals surface area contributed by atoms with Crippen LogP contribution in [0, 0.1) is 29.6 Å². The molecule has 0 aliphatic rings. The highest BCUT2D eigenvalue weighted by Gasteiger charge is 2.39. The number of carbonyl (C=O) groups excluding carboxylic acids is 16. The standard InChI is InChI=1S/C90H163N23O18/c1-51(2)45-69(109-82(122)65(35-21-27-41-93)105-76(116)58(13)100-87(127)71(47-53(5)6)111-84(124)67(37-23-29-43-95)107-80(120)63(33-19-25-39-91)103-74(114)56(11)98-79(119)62(97)50-61-31-17-16-18-32-61)86(126)99-57(12)75(115)104-64(34-20-26-40-92)81(121)108-68(38-24-30-44-96)85(125)112-72(48-54(7)8)88(128)101-59(14)77(117)106-66(36-22-28-42-94)83(123)110-70(46-52(3)4)89(129)102-60(15)78(118)113-73(90(130)131)49-55(9)10/h16-18,31-32,51-60,62-73H,19-30,33-50,91-97H2,1-15H3,(H,98,119)(H,99,126)(H,100,127)(H,101,128)(H,102,129)(H,103,114)(H,104,115)(H,105,116)(H,106,117)(H,107,120)(H,108,121)(H,109,122)(H,110,123)(H,111,124)(H,112,125)(H,113,118)(H,130,131)/t56-,57-,58-,59-,60-,62-,63-,64-,65-,66-,67-,68-,69-,70-,71-,72-,73-/m0/s1. The van der Waals surface area contributed by atoms with Crippen molar-refractivity contribution in [1.82, 2.24) is 85.1 Å². The molecule has 0 radical (unpaired) electrons. The molecule has 0 unspecified atom stereocenters. The van der Waals surface area contributed by atoms with E-state index >= 15 is 0 Å². The van der Waals surface area contributed by atoms with Crippen LogP contribution in [0.5, 0.6) is 0 Å². The minimum Gasteiger partial charge on any atom is -0.480 e. The molecule has 1 aromatic rings. The van der Waals surface area contributed by atoms with Crippen molar-refractivity contribution in [2.24, 2.45) is 69.7 Å². The van der Waals surface area contributed by atoms with Gasteiger partial charge in [-0.2, -0.15) is 0 Å². The molecule has 41 nitrogen and oxygen atoms in total. The van der Waals surface area contributed by atoms with E-state index in [0.29, 0.717) is 77.0 Å². The summed E-state index contributed by atoms with van der Waals surface area (Å²) in [6, 6.07) is -12.3. The quantitative estimate of drug-likeness (QED) is 0.0330. The first-order chi connectivity index (χ1) is 61.8. The number of carboxylic acids is 1. The Balaban J connectivity index is 3.50. The Morgan fingerprint density at radius 1 is 0.229 bits per heavy atom. The summed E-state index contributed by atoms with van der Waals surface area (Å²) in [7, 11) is 0. The Bertz CT molecular complexity index is 3710. The largest absolute Gasteiger partial charge is 0.480 e. The minimum atomic E-state index is -1.37. The van der Waals surface area contributed by atoms with E-state index in [4.69, 9.17) is 40.1 Å². The second-order valence-corrected chi connectivity index (χ2v) is 36.3. The molecule has 0 bridgehead atoms. The van der Waals surface area contributed by atoms with Crippen molar-refractivity contribution in [2.75, 3.05) is 39.3 Å². The van der Waals surface area contributed by atoms with Crippen molar-refractivity contribution in [3.05, 3.63) is 35.9 Å². The van der Waals surface area contributed by atoms with Gasteiger partial charge in [-0.3, -0.25) is 76.7 Å². The molecule has 16 amide bonds. The summed E-state index contributed by atoms with van der Waals surface area (Å²) >= 11 is 0. The maximum Gasteiger partial charge on any atom is 0.326 e. The molecule has 1 rings (SSSR count). The Hall–Kier alpha value is -10.1. The van der Waals surface area contributed by atoms with Crippen molar-refractivity contribution in [1.29, 1.82) is 0 Å². The first kappa shape index (κ1) is 119. The molecule has 0 aromatic heterocycles. The maximum absolute atomic E-state index is 14.6. The van der Waals surface area contributed by atoms with Crippen LogP contribution in [0.4, 0.5) is 0 Å². The van der Waals surface area contributed by atoms with Crippen LogP contribution in [-0.4, -0.2) is 248 Å². The van der Waals surface area contributed by atoms with Crippen molar-refractivity contribution >= 4 is 100 Å². The number of amides is 16. The fourth-order valence-corrected chi connectivity index (χ4v) is 14.1. The normalized spacial score (nSPS) is 15.3. The van der Waals surface area contributed by atoms with Gasteiger partial charge in [0.05, 0.1) is 6.04 Å². The van der Waals surface area contributed by atoms with E-state index in [1.54, 1.807) is 69.2 Å². The molecule has 0 saturated heterocycles. The van der Waals surface area contributed by atoms with Gasteiger partial charge in [0.15, 0.2) is 0 Å². The number of rotatable bonds is 69. The zero-order chi connectivity index (χ0) is 99.2. The maximum atomic E-state index is 14.6. The fourth-order valence-electron chi connectivity index (χ4n) is 14.1. The summed E-state index contributed by atoms with van der Waals surface area (Å²) in [6.07, 6.45) is 5.57. The highest BCUT2D eigenvalue weighted by Crippen LogP contribution is 2.17. The predicted octanol–water partition coefficient (Wildman–Crippen LogP) is -1.50. The Morgan fingerprint density at radius 2 is 0.397 bits per heavy atom. The Labute approximate surface area is 774 Å². The lowest BCUT2D eigenvalue weighted by Crippen LogP contribution is -2.60. The van der Waals surface area contributed by atoms with E-state index in [-0.39, 0.29) is 146 Å². The number of unbranched alkanes of at least 4 members (excludes halogenated alkanes) is 6. The zero-order valence-electron chi connectivity index (χ0n) is 80.2. The number of hydrogen-bond acceptors (Lipinski definition) is 24. The van der Waals surface area contributed by atoms with Gasteiger partial charge in [0.25, 0.3) is 0 Å². The average molecular weight is 1860 g/mol. The first-order valence-corrected chi connectivity index (χ1v) is 46.9. The zero-order valence-corrected chi connectivity index (χ0v) is 80.2. The second-order valence-electron chi connectivity index (χ2n) is 36.3. The smallest absolute Gasteiger partial charge is 0.326 e. The van der Waals surface area contributed by atoms with Gasteiger partial charge >= 0.3 is 5.97 Å². The van der Waals surface area contributed by atoms with Crippen molar-refractivity contribution < 1.29 is 86.6 Å². The summed E-state index contributed by atoms with van der Waals surface area (Å²) in [5.41, 5.74) is 42.0. The predicted molar refractivity (Wildman–Crippen MR) is 500 cm³/mol. The molecular weight excluding hydrogens is 1690 g/mol. The topological polar surface area (TPSA) is 685 Å². The highest BCUT2D eigenvalue weighted by atomic mass is 16.4. The lowest BCUT2D eigenvalue weighted by Gasteiger charge is -2.28. The van der Waals surface area contributed by atoms with Gasteiger partial charge in [0.1, 0.15) is 96.7 Å². The van der Waals surface area contributed by atoms with Gasteiger partial charge in [0, 0.05) is 0 Å². The van der Waals surface area contributed by atoms with Gasteiger partial charge < -0.3 is 130 Å². The Morgan fingerprint density at radius 3 is 0.588 bits per heavy atom. The molecule has 0 spiro atoms. The van der Waals surface area contributed by atoms with Gasteiger partial charge in [-0.25, -0.2) is 4.79 Å². The molecule has 746 valence electrons. The van der Waals surface area contributed by atoms with E-state index in [2.05, 4.69) is 85.1 Å². The van der Waals surface area contributed by atoms with E-state index in [9.17, 15) is 86.6 Å². The van der Waals surface area contributed by atoms with Gasteiger partial charge in [-0.05, 0) is 263 Å². The number of benzene rings is 1. The third kappa shape index (κ3) is 49.3. The molecular formula is C90H163N23O18. The van der Waals surface area contributed by atoms with E-state index < -0.39 is 203 Å². The van der Waals surface area contributed by atoms with Crippen molar-refractivity contribution in [3.8, 4) is 0 Å². The molecule has 0 aliphatic carbocycles. The van der Waals surface area contributed by atoms with Gasteiger partial charge in [0.2, 0.25) is 94.5 Å². The molecule has 1 aromatic carbocycles. The van der Waals surface area contributed by atoms with E-state index in [1.807, 2.05) is 30.3 Å². The molecule has 17 atom stereocenters. The molecule has 0 fully saturated rings. The molecule has 0 saturated carbocycles. The molecule has 31 N–H and O–H groups in total. The number of carboxylic acid groups (broad SMARTS) is 1. The van der Waals surface area contributed by atoms with Crippen LogP contribution in [0.2, 0.25) is 0 Å². The average Bonchev–Trinajstić information content (AvgIpc) is 0.854. The van der Waals surface area contributed by atoms with E-state index in [0.717, 1.165) is 5.56 Å². The van der Waals surface area contributed by atoms with Crippen LogP contribution >= 0.6 is 0 Å². The van der Waals surface area contributed by atoms with Crippen LogP contribution in [0.15, 0.2) is 30.3 Å². The number of hydrogen-bond donors (Lipinski definition) is 24. The van der Waals surface area contributed by atoms with Crippen LogP contribution < -0.4 is 125 Å². The fraction of sp³-hybridized carbons (Fsp3) is 0.744.